The first-order valence-corrected chi connectivity index (χ1v) is 14.1. The number of anilines is 1. The molecule has 1 saturated heterocycles. The Morgan fingerprint density at radius 1 is 1.05 bits per heavy atom. The Labute approximate surface area is 225 Å². The molecule has 11 heteroatoms. The summed E-state index contributed by atoms with van der Waals surface area (Å²) in [5.74, 6) is -2.79. The fourth-order valence-electron chi connectivity index (χ4n) is 5.00. The van der Waals surface area contributed by atoms with Crippen molar-refractivity contribution >= 4 is 39.0 Å². The maximum Gasteiger partial charge on any atom is 0.256 e. The van der Waals surface area contributed by atoms with Crippen molar-refractivity contribution in [3.63, 3.8) is 0 Å². The molecule has 0 atom stereocenters. The van der Waals surface area contributed by atoms with Gasteiger partial charge in [-0.2, -0.15) is 0 Å². The number of hydrogen-bond donors (Lipinski definition) is 2. The topological polar surface area (TPSA) is 103 Å². The van der Waals surface area contributed by atoms with Gasteiger partial charge in [0.15, 0.2) is 9.84 Å². The Bertz CT molecular complexity index is 1640. The number of fused-ring (bicyclic) bond motifs is 1. The molecule has 3 heterocycles. The molecular weight excluding hydrogens is 526 g/mol. The van der Waals surface area contributed by atoms with Crippen molar-refractivity contribution in [2.45, 2.75) is 24.5 Å². The maximum atomic E-state index is 14.1. The van der Waals surface area contributed by atoms with E-state index in [-0.39, 0.29) is 21.9 Å². The molecule has 2 N–H and O–H groups in total. The van der Waals surface area contributed by atoms with Gasteiger partial charge in [-0.25, -0.2) is 17.2 Å². The zero-order valence-corrected chi connectivity index (χ0v) is 22.6. The summed E-state index contributed by atoms with van der Waals surface area (Å²) in [6, 6.07) is 6.81. The van der Waals surface area contributed by atoms with Gasteiger partial charge in [0.2, 0.25) is 0 Å². The van der Waals surface area contributed by atoms with Crippen molar-refractivity contribution in [2.24, 2.45) is 0 Å². The molecule has 0 saturated carbocycles. The number of sulfone groups is 1. The number of H-pyrrole nitrogens is 1. The van der Waals surface area contributed by atoms with Gasteiger partial charge >= 0.3 is 0 Å². The molecule has 1 aromatic heterocycles. The molecule has 3 aromatic rings. The number of carbonyl (C=O) groups excluding carboxylic acids is 2. The van der Waals surface area contributed by atoms with Crippen molar-refractivity contribution in [3.8, 4) is 0 Å². The van der Waals surface area contributed by atoms with Crippen LogP contribution in [0.3, 0.4) is 0 Å². The molecule has 1 fully saturated rings. The highest BCUT2D eigenvalue weighted by atomic mass is 32.2. The fraction of sp³-hybridized carbons (Fsp3) is 0.286. The van der Waals surface area contributed by atoms with E-state index in [9.17, 15) is 26.8 Å². The van der Waals surface area contributed by atoms with E-state index < -0.39 is 33.1 Å². The van der Waals surface area contributed by atoms with E-state index in [4.69, 9.17) is 0 Å². The van der Waals surface area contributed by atoms with Crippen LogP contribution in [0.5, 0.6) is 0 Å². The van der Waals surface area contributed by atoms with Gasteiger partial charge in [0.1, 0.15) is 11.6 Å². The third-order valence-electron chi connectivity index (χ3n) is 7.26. The van der Waals surface area contributed by atoms with E-state index in [1.807, 2.05) is 11.9 Å². The molecule has 5 rings (SSSR count). The molecule has 0 radical (unpaired) electrons. The third kappa shape index (κ3) is 5.11. The highest BCUT2D eigenvalue weighted by Crippen LogP contribution is 2.36. The smallest absolute Gasteiger partial charge is 0.256 e. The summed E-state index contributed by atoms with van der Waals surface area (Å²) in [7, 11) is -2.05. The Balaban J connectivity index is 1.48. The average molecular weight is 555 g/mol. The number of hydrogen-bond acceptors (Lipinski definition) is 5. The van der Waals surface area contributed by atoms with Gasteiger partial charge in [0.05, 0.1) is 21.8 Å². The number of carbonyl (C=O) groups is 2. The van der Waals surface area contributed by atoms with E-state index in [2.05, 4.69) is 15.2 Å². The van der Waals surface area contributed by atoms with Crippen LogP contribution in [0.1, 0.15) is 38.4 Å². The third-order valence-corrected chi connectivity index (χ3v) is 8.92. The number of benzene rings is 2. The minimum absolute atomic E-state index is 0.0757. The first-order valence-electron chi connectivity index (χ1n) is 12.5. The van der Waals surface area contributed by atoms with Gasteiger partial charge in [0.25, 0.3) is 11.8 Å². The van der Waals surface area contributed by atoms with E-state index in [0.717, 1.165) is 31.3 Å². The van der Waals surface area contributed by atoms with Crippen molar-refractivity contribution in [1.29, 1.82) is 0 Å². The lowest BCUT2D eigenvalue weighted by atomic mass is 10.0. The monoisotopic (exact) mass is 554 g/mol. The first-order chi connectivity index (χ1) is 18.4. The molecule has 204 valence electrons. The summed E-state index contributed by atoms with van der Waals surface area (Å²) < 4.78 is 53.9. The Hall–Kier alpha value is -3.83. The normalized spacial score (nSPS) is 17.0. The number of piperazine rings is 1. The summed E-state index contributed by atoms with van der Waals surface area (Å²) >= 11 is 0. The number of aromatic amines is 1. The lowest BCUT2D eigenvalue weighted by Crippen LogP contribution is -2.47. The quantitative estimate of drug-likeness (QED) is 0.468. The van der Waals surface area contributed by atoms with Crippen molar-refractivity contribution in [2.75, 3.05) is 38.5 Å². The second kappa shape index (κ2) is 10.0. The average Bonchev–Trinajstić information content (AvgIpc) is 3.35. The number of amides is 2. The maximum absolute atomic E-state index is 14.1. The minimum atomic E-state index is -4.06. The molecule has 39 heavy (non-hydrogen) atoms. The predicted octanol–water partition coefficient (Wildman–Crippen LogP) is 3.76. The number of aromatic nitrogens is 1. The fourth-order valence-corrected chi connectivity index (χ4v) is 6.37. The lowest BCUT2D eigenvalue weighted by molar-refractivity contribution is -0.110. The van der Waals surface area contributed by atoms with Crippen molar-refractivity contribution in [1.82, 2.24) is 14.8 Å². The van der Waals surface area contributed by atoms with Crippen LogP contribution < -0.4 is 5.32 Å². The van der Waals surface area contributed by atoms with E-state index >= 15 is 0 Å². The number of nitrogens with zero attached hydrogens (tertiary/aromatic N) is 2. The number of nitrogens with one attached hydrogen (secondary N) is 2. The van der Waals surface area contributed by atoms with Gasteiger partial charge in [-0.05, 0) is 68.9 Å². The van der Waals surface area contributed by atoms with Crippen molar-refractivity contribution < 1.29 is 26.8 Å². The summed E-state index contributed by atoms with van der Waals surface area (Å²) in [5.41, 5.74) is 3.22. The van der Waals surface area contributed by atoms with Crippen LogP contribution >= 0.6 is 0 Å². The van der Waals surface area contributed by atoms with Crippen LogP contribution in [0.25, 0.3) is 11.6 Å². The van der Waals surface area contributed by atoms with Gasteiger partial charge in [-0.15, -0.1) is 0 Å². The van der Waals surface area contributed by atoms with E-state index in [0.29, 0.717) is 46.9 Å². The molecule has 0 bridgehead atoms. The highest BCUT2D eigenvalue weighted by Gasteiger charge is 2.29. The zero-order chi connectivity index (χ0) is 28.1. The molecule has 0 aliphatic carbocycles. The Morgan fingerprint density at radius 2 is 1.77 bits per heavy atom. The molecule has 2 aromatic carbocycles. The molecule has 0 unspecified atom stereocenters. The summed E-state index contributed by atoms with van der Waals surface area (Å²) in [5, 5.41) is 2.73. The van der Waals surface area contributed by atoms with E-state index in [1.165, 1.54) is 18.2 Å². The van der Waals surface area contributed by atoms with Crippen molar-refractivity contribution in [3.05, 3.63) is 81.7 Å². The number of aryl methyl sites for hydroxylation is 1. The van der Waals surface area contributed by atoms with Gasteiger partial charge in [-0.1, -0.05) is 0 Å². The van der Waals surface area contributed by atoms with Crippen LogP contribution in [0.15, 0.2) is 41.3 Å². The van der Waals surface area contributed by atoms with E-state index in [1.54, 1.807) is 19.9 Å². The minimum Gasteiger partial charge on any atom is -0.358 e. The molecule has 2 aliphatic rings. The predicted molar refractivity (Wildman–Crippen MR) is 144 cm³/mol. The largest absolute Gasteiger partial charge is 0.358 e. The van der Waals surface area contributed by atoms with Gasteiger partial charge < -0.3 is 20.1 Å². The molecule has 8 nitrogen and oxygen atoms in total. The van der Waals surface area contributed by atoms with Crippen LogP contribution in [-0.4, -0.2) is 68.2 Å². The Morgan fingerprint density at radius 3 is 2.49 bits per heavy atom. The number of likely N-dealkylation sites (N-methyl/N-ethyl adjacent to an activating group) is 1. The lowest BCUT2D eigenvalue weighted by Gasteiger charge is -2.32. The zero-order valence-electron chi connectivity index (χ0n) is 21.8. The SMILES string of the molecule is Cc1[nH]c(C=C2C(=O)Nc3ccc(S(=O)(=O)Cc4cc(F)ccc4F)cc32)c(C)c1C(=O)N1CCN(C)CC1. The number of halogens is 2. The number of rotatable bonds is 5. The summed E-state index contributed by atoms with van der Waals surface area (Å²) in [6.45, 7) is 6.45. The van der Waals surface area contributed by atoms with Crippen LogP contribution in [0, 0.1) is 25.5 Å². The molecule has 2 amide bonds. The van der Waals surface area contributed by atoms with Gasteiger partial charge in [-0.3, -0.25) is 9.59 Å². The first kappa shape index (κ1) is 26.8. The standard InChI is InChI=1S/C28H28F2N4O4S/c1-16-25(31-17(2)26(16)28(36)34-10-8-33(3)9-11-34)14-22-21-13-20(5-7-24(21)32-27(22)35)39(37,38)15-18-12-19(29)4-6-23(18)30/h4-7,12-14,31H,8-11,15H2,1-3H3,(H,32,35). The van der Waals surface area contributed by atoms with Crippen LogP contribution in [0.2, 0.25) is 0 Å². The Kier molecular flexibility index (Phi) is 6.90. The summed E-state index contributed by atoms with van der Waals surface area (Å²) in [6.07, 6.45) is 1.60. The van der Waals surface area contributed by atoms with Crippen LogP contribution in [0.4, 0.5) is 14.5 Å². The highest BCUT2D eigenvalue weighted by molar-refractivity contribution is 7.90. The summed E-state index contributed by atoms with van der Waals surface area (Å²) in [4.78, 5) is 33.2. The molecule has 0 spiro atoms. The second-order valence-electron chi connectivity index (χ2n) is 9.97. The second-order valence-corrected chi connectivity index (χ2v) is 12.0. The molecule has 2 aliphatic heterocycles. The molecular formula is C28H28F2N4O4S. The van der Waals surface area contributed by atoms with Crippen LogP contribution in [-0.2, 0) is 20.4 Å². The van der Waals surface area contributed by atoms with Gasteiger partial charge in [0, 0.05) is 54.4 Å².